The van der Waals surface area contributed by atoms with Crippen molar-refractivity contribution in [3.8, 4) is 5.75 Å². The van der Waals surface area contributed by atoms with Crippen molar-refractivity contribution in [2.75, 3.05) is 20.3 Å². The number of carbonyl (C=O) groups excluding carboxylic acids is 1. The Morgan fingerprint density at radius 2 is 2.22 bits per heavy atom. The molecule has 0 amide bonds. The number of rotatable bonds is 5. The maximum atomic E-state index is 11.4. The summed E-state index contributed by atoms with van der Waals surface area (Å²) in [6, 6.07) is 7.04. The van der Waals surface area contributed by atoms with Gasteiger partial charge in [-0.1, -0.05) is 12.5 Å². The lowest BCUT2D eigenvalue weighted by atomic mass is 9.69. The van der Waals surface area contributed by atoms with Gasteiger partial charge in [0.2, 0.25) is 0 Å². The van der Waals surface area contributed by atoms with Crippen LogP contribution in [0.3, 0.4) is 0 Å². The molecule has 0 aromatic heterocycles. The van der Waals surface area contributed by atoms with Gasteiger partial charge in [-0.05, 0) is 31.0 Å². The summed E-state index contributed by atoms with van der Waals surface area (Å²) in [6.07, 6.45) is 3.48. The zero-order valence-corrected chi connectivity index (χ0v) is 10.6. The molecule has 98 valence electrons. The third kappa shape index (κ3) is 2.64. The third-order valence-corrected chi connectivity index (χ3v) is 3.65. The quantitative estimate of drug-likeness (QED) is 0.810. The molecule has 1 aromatic carbocycles. The van der Waals surface area contributed by atoms with Crippen molar-refractivity contribution < 1.29 is 14.3 Å². The molecule has 1 fully saturated rings. The van der Waals surface area contributed by atoms with Crippen LogP contribution >= 0.6 is 0 Å². The van der Waals surface area contributed by atoms with E-state index >= 15 is 0 Å². The number of nitrogens with two attached hydrogens (primary N) is 1. The molecule has 0 saturated heterocycles. The second-order valence-electron chi connectivity index (χ2n) is 4.87. The van der Waals surface area contributed by atoms with Gasteiger partial charge in [-0.2, -0.15) is 0 Å². The zero-order chi connectivity index (χ0) is 13.0. The summed E-state index contributed by atoms with van der Waals surface area (Å²) in [6.45, 7) is 1.28. The fraction of sp³-hybridized carbons (Fsp3) is 0.500. The van der Waals surface area contributed by atoms with Gasteiger partial charge in [0.05, 0.1) is 19.3 Å². The number of methoxy groups -OCH3 is 1. The van der Waals surface area contributed by atoms with Crippen LogP contribution < -0.4 is 10.5 Å². The van der Waals surface area contributed by atoms with E-state index in [2.05, 4.69) is 4.74 Å². The van der Waals surface area contributed by atoms with Gasteiger partial charge in [-0.25, -0.2) is 4.79 Å². The molecule has 0 radical (unpaired) electrons. The Hall–Kier alpha value is -1.55. The Balaban J connectivity index is 1.99. The van der Waals surface area contributed by atoms with Gasteiger partial charge >= 0.3 is 5.97 Å². The first-order valence-electron chi connectivity index (χ1n) is 6.20. The summed E-state index contributed by atoms with van der Waals surface area (Å²) >= 11 is 0. The lowest BCUT2D eigenvalue weighted by Gasteiger charge is -2.40. The Labute approximate surface area is 107 Å². The first-order chi connectivity index (χ1) is 8.69. The number of hydrogen-bond donors (Lipinski definition) is 1. The van der Waals surface area contributed by atoms with Crippen LogP contribution in [-0.4, -0.2) is 26.2 Å². The van der Waals surface area contributed by atoms with E-state index in [4.69, 9.17) is 10.5 Å². The number of ether oxygens (including phenoxy) is 2. The molecule has 4 nitrogen and oxygen atoms in total. The molecule has 1 aromatic rings. The van der Waals surface area contributed by atoms with E-state index in [0.29, 0.717) is 24.5 Å². The van der Waals surface area contributed by atoms with Crippen molar-refractivity contribution in [2.24, 2.45) is 11.1 Å². The van der Waals surface area contributed by atoms with Crippen molar-refractivity contribution in [3.63, 3.8) is 0 Å². The zero-order valence-electron chi connectivity index (χ0n) is 10.6. The normalized spacial score (nSPS) is 16.8. The molecular formula is C14H19NO3. The van der Waals surface area contributed by atoms with Gasteiger partial charge in [0.1, 0.15) is 5.75 Å². The summed E-state index contributed by atoms with van der Waals surface area (Å²) in [4.78, 5) is 11.4. The van der Waals surface area contributed by atoms with Crippen LogP contribution in [0.15, 0.2) is 24.3 Å². The molecule has 1 saturated carbocycles. The van der Waals surface area contributed by atoms with Crippen LogP contribution in [0, 0.1) is 5.41 Å². The van der Waals surface area contributed by atoms with E-state index in [9.17, 15) is 4.79 Å². The minimum atomic E-state index is -0.349. The first-order valence-corrected chi connectivity index (χ1v) is 6.20. The molecule has 0 atom stereocenters. The Morgan fingerprint density at radius 3 is 2.78 bits per heavy atom. The van der Waals surface area contributed by atoms with Gasteiger partial charge in [0, 0.05) is 12.0 Å². The van der Waals surface area contributed by atoms with E-state index in [-0.39, 0.29) is 11.4 Å². The maximum Gasteiger partial charge on any atom is 0.337 e. The number of benzene rings is 1. The highest BCUT2D eigenvalue weighted by Crippen LogP contribution is 2.40. The highest BCUT2D eigenvalue weighted by atomic mass is 16.5. The Morgan fingerprint density at radius 1 is 1.44 bits per heavy atom. The summed E-state index contributed by atoms with van der Waals surface area (Å²) in [5.74, 6) is 0.343. The predicted molar refractivity (Wildman–Crippen MR) is 68.6 cm³/mol. The average molecular weight is 249 g/mol. The van der Waals surface area contributed by atoms with Crippen LogP contribution in [0.4, 0.5) is 0 Å². The molecule has 0 aliphatic heterocycles. The van der Waals surface area contributed by atoms with Gasteiger partial charge in [0.25, 0.3) is 0 Å². The lowest BCUT2D eigenvalue weighted by Crippen LogP contribution is -2.42. The monoisotopic (exact) mass is 249 g/mol. The topological polar surface area (TPSA) is 61.5 Å². The molecule has 1 aliphatic rings. The van der Waals surface area contributed by atoms with Crippen LogP contribution in [0.5, 0.6) is 5.75 Å². The van der Waals surface area contributed by atoms with Crippen molar-refractivity contribution in [1.29, 1.82) is 0 Å². The fourth-order valence-electron chi connectivity index (χ4n) is 2.15. The van der Waals surface area contributed by atoms with Crippen molar-refractivity contribution in [1.82, 2.24) is 0 Å². The summed E-state index contributed by atoms with van der Waals surface area (Å²) in [7, 11) is 1.37. The molecule has 0 heterocycles. The molecule has 0 unspecified atom stereocenters. The maximum absolute atomic E-state index is 11.4. The van der Waals surface area contributed by atoms with Crippen LogP contribution in [0.25, 0.3) is 0 Å². The average Bonchev–Trinajstić information content (AvgIpc) is 2.37. The molecule has 2 N–H and O–H groups in total. The van der Waals surface area contributed by atoms with Crippen molar-refractivity contribution in [3.05, 3.63) is 29.8 Å². The van der Waals surface area contributed by atoms with E-state index in [1.54, 1.807) is 18.2 Å². The molecule has 0 bridgehead atoms. The van der Waals surface area contributed by atoms with Crippen molar-refractivity contribution >= 4 is 5.97 Å². The van der Waals surface area contributed by atoms with Gasteiger partial charge < -0.3 is 15.2 Å². The van der Waals surface area contributed by atoms with Gasteiger partial charge in [-0.3, -0.25) is 0 Å². The lowest BCUT2D eigenvalue weighted by molar-refractivity contribution is 0.0595. The molecule has 0 spiro atoms. The van der Waals surface area contributed by atoms with E-state index < -0.39 is 0 Å². The SMILES string of the molecule is COC(=O)c1cccc(OCC2(CN)CCC2)c1. The van der Waals surface area contributed by atoms with Crippen LogP contribution in [-0.2, 0) is 4.74 Å². The standard InChI is InChI=1S/C14H19NO3/c1-17-13(16)11-4-2-5-12(8-11)18-10-14(9-15)6-3-7-14/h2,4-5,8H,3,6-7,9-10,15H2,1H3. The van der Waals surface area contributed by atoms with Crippen LogP contribution in [0.1, 0.15) is 29.6 Å². The van der Waals surface area contributed by atoms with E-state index in [1.165, 1.54) is 13.5 Å². The summed E-state index contributed by atoms with van der Waals surface area (Å²) in [5, 5.41) is 0. The molecule has 1 aliphatic carbocycles. The highest BCUT2D eigenvalue weighted by molar-refractivity contribution is 5.89. The molecule has 4 heteroatoms. The number of hydrogen-bond acceptors (Lipinski definition) is 4. The van der Waals surface area contributed by atoms with Crippen molar-refractivity contribution in [2.45, 2.75) is 19.3 Å². The molecule has 2 rings (SSSR count). The smallest absolute Gasteiger partial charge is 0.337 e. The second kappa shape index (κ2) is 5.40. The summed E-state index contributed by atoms with van der Waals surface area (Å²) in [5.41, 5.74) is 6.42. The second-order valence-corrected chi connectivity index (χ2v) is 4.87. The van der Waals surface area contributed by atoms with E-state index in [0.717, 1.165) is 12.8 Å². The molecule has 18 heavy (non-hydrogen) atoms. The highest BCUT2D eigenvalue weighted by Gasteiger charge is 2.36. The summed E-state index contributed by atoms with van der Waals surface area (Å²) < 4.78 is 10.4. The van der Waals surface area contributed by atoms with Gasteiger partial charge in [-0.15, -0.1) is 0 Å². The minimum absolute atomic E-state index is 0.140. The molecular weight excluding hydrogens is 230 g/mol. The first kappa shape index (κ1) is 12.9. The number of esters is 1. The van der Waals surface area contributed by atoms with Gasteiger partial charge in [0.15, 0.2) is 0 Å². The third-order valence-electron chi connectivity index (χ3n) is 3.65. The fourth-order valence-corrected chi connectivity index (χ4v) is 2.15. The Kier molecular flexibility index (Phi) is 3.87. The van der Waals surface area contributed by atoms with E-state index in [1.807, 2.05) is 6.07 Å². The minimum Gasteiger partial charge on any atom is -0.493 e. The number of carbonyl (C=O) groups is 1. The largest absolute Gasteiger partial charge is 0.493 e. The predicted octanol–water partition coefficient (Wildman–Crippen LogP) is 1.98. The van der Waals surface area contributed by atoms with Crippen LogP contribution in [0.2, 0.25) is 0 Å². The Bertz CT molecular complexity index is 421.